The summed E-state index contributed by atoms with van der Waals surface area (Å²) in [6.07, 6.45) is 2.65. The molecule has 0 bridgehead atoms. The molecule has 0 amide bonds. The molecule has 0 saturated carbocycles. The van der Waals surface area contributed by atoms with Gasteiger partial charge in [-0.25, -0.2) is 0 Å². The summed E-state index contributed by atoms with van der Waals surface area (Å²) in [7, 11) is 5.09. The first-order chi connectivity index (χ1) is 9.12. The van der Waals surface area contributed by atoms with E-state index < -0.39 is 0 Å². The summed E-state index contributed by atoms with van der Waals surface area (Å²) >= 11 is 0. The fourth-order valence-corrected chi connectivity index (χ4v) is 2.13. The molecule has 0 radical (unpaired) electrons. The van der Waals surface area contributed by atoms with Crippen LogP contribution in [0.5, 0.6) is 11.5 Å². The van der Waals surface area contributed by atoms with Crippen molar-refractivity contribution in [3.8, 4) is 11.5 Å². The third kappa shape index (κ3) is 4.73. The third-order valence-electron chi connectivity index (χ3n) is 3.02. The van der Waals surface area contributed by atoms with Crippen LogP contribution in [-0.2, 0) is 17.6 Å². The van der Waals surface area contributed by atoms with Crippen molar-refractivity contribution < 1.29 is 14.2 Å². The van der Waals surface area contributed by atoms with E-state index in [1.54, 1.807) is 21.3 Å². The standard InChI is InChI=1S/C15H25NO3/c1-11(16)8-13-10-14(18-3)12(6-5-7-17-2)9-15(13)19-4/h9-11H,5-8,16H2,1-4H3/t11-/m1/s1. The van der Waals surface area contributed by atoms with E-state index in [1.807, 2.05) is 19.1 Å². The first-order valence-electron chi connectivity index (χ1n) is 6.60. The van der Waals surface area contributed by atoms with E-state index in [1.165, 1.54) is 0 Å². The topological polar surface area (TPSA) is 53.7 Å². The minimum Gasteiger partial charge on any atom is -0.496 e. The minimum absolute atomic E-state index is 0.0953. The summed E-state index contributed by atoms with van der Waals surface area (Å²) in [5.41, 5.74) is 8.09. The average molecular weight is 267 g/mol. The molecule has 19 heavy (non-hydrogen) atoms. The van der Waals surface area contributed by atoms with Crippen molar-refractivity contribution >= 4 is 0 Å². The molecular weight excluding hydrogens is 242 g/mol. The van der Waals surface area contributed by atoms with Crippen molar-refractivity contribution in [1.29, 1.82) is 0 Å². The number of benzene rings is 1. The number of rotatable bonds is 8. The quantitative estimate of drug-likeness (QED) is 0.733. The molecule has 0 spiro atoms. The highest BCUT2D eigenvalue weighted by atomic mass is 16.5. The summed E-state index contributed by atoms with van der Waals surface area (Å²) in [6.45, 7) is 2.73. The molecule has 0 aliphatic carbocycles. The fourth-order valence-electron chi connectivity index (χ4n) is 2.13. The molecule has 1 rings (SSSR count). The molecule has 0 fully saturated rings. The molecule has 1 aromatic rings. The molecule has 0 aromatic heterocycles. The van der Waals surface area contributed by atoms with E-state index in [2.05, 4.69) is 0 Å². The predicted molar refractivity (Wildman–Crippen MR) is 77.1 cm³/mol. The first-order valence-corrected chi connectivity index (χ1v) is 6.60. The van der Waals surface area contributed by atoms with E-state index >= 15 is 0 Å². The van der Waals surface area contributed by atoms with Crippen molar-refractivity contribution in [2.75, 3.05) is 27.9 Å². The lowest BCUT2D eigenvalue weighted by Gasteiger charge is -2.16. The van der Waals surface area contributed by atoms with Gasteiger partial charge in [-0.2, -0.15) is 0 Å². The van der Waals surface area contributed by atoms with Crippen molar-refractivity contribution in [2.24, 2.45) is 5.73 Å². The Hall–Kier alpha value is -1.26. The van der Waals surface area contributed by atoms with E-state index in [4.69, 9.17) is 19.9 Å². The molecule has 0 saturated heterocycles. The SMILES string of the molecule is COCCCc1cc(OC)c(C[C@@H](C)N)cc1OC. The van der Waals surface area contributed by atoms with Gasteiger partial charge >= 0.3 is 0 Å². The molecule has 2 N–H and O–H groups in total. The van der Waals surface area contributed by atoms with E-state index in [9.17, 15) is 0 Å². The monoisotopic (exact) mass is 267 g/mol. The Morgan fingerprint density at radius 3 is 2.16 bits per heavy atom. The fraction of sp³-hybridized carbons (Fsp3) is 0.600. The van der Waals surface area contributed by atoms with Crippen molar-refractivity contribution in [3.63, 3.8) is 0 Å². The Kier molecular flexibility index (Phi) is 6.67. The van der Waals surface area contributed by atoms with Crippen molar-refractivity contribution in [3.05, 3.63) is 23.3 Å². The number of nitrogens with two attached hydrogens (primary N) is 1. The van der Waals surface area contributed by atoms with Gasteiger partial charge in [0.1, 0.15) is 11.5 Å². The molecule has 1 atom stereocenters. The van der Waals surface area contributed by atoms with Crippen LogP contribution in [0.2, 0.25) is 0 Å². The number of methoxy groups -OCH3 is 3. The van der Waals surface area contributed by atoms with Crippen LogP contribution >= 0.6 is 0 Å². The van der Waals surface area contributed by atoms with Gasteiger partial charge in [0.15, 0.2) is 0 Å². The number of hydrogen-bond acceptors (Lipinski definition) is 4. The van der Waals surface area contributed by atoms with Gasteiger partial charge in [0.05, 0.1) is 14.2 Å². The zero-order valence-corrected chi connectivity index (χ0v) is 12.4. The van der Waals surface area contributed by atoms with Crippen molar-refractivity contribution in [1.82, 2.24) is 0 Å². The Morgan fingerprint density at radius 2 is 1.63 bits per heavy atom. The Balaban J connectivity index is 2.97. The number of aryl methyl sites for hydroxylation is 1. The first kappa shape index (κ1) is 15.8. The van der Waals surface area contributed by atoms with Gasteiger partial charge in [0.25, 0.3) is 0 Å². The summed E-state index contributed by atoms with van der Waals surface area (Å²) < 4.78 is 16.0. The highest BCUT2D eigenvalue weighted by molar-refractivity contribution is 5.47. The second kappa shape index (κ2) is 8.02. The van der Waals surface area contributed by atoms with Crippen LogP contribution in [0.15, 0.2) is 12.1 Å². The lowest BCUT2D eigenvalue weighted by Crippen LogP contribution is -2.18. The average Bonchev–Trinajstić information content (AvgIpc) is 2.39. The molecule has 108 valence electrons. The van der Waals surface area contributed by atoms with Gasteiger partial charge in [-0.15, -0.1) is 0 Å². The zero-order chi connectivity index (χ0) is 14.3. The largest absolute Gasteiger partial charge is 0.496 e. The summed E-state index contributed by atoms with van der Waals surface area (Å²) in [6, 6.07) is 4.18. The van der Waals surface area contributed by atoms with Gasteiger partial charge in [-0.1, -0.05) is 0 Å². The Morgan fingerprint density at radius 1 is 1.05 bits per heavy atom. The Bertz CT molecular complexity index is 391. The summed E-state index contributed by atoms with van der Waals surface area (Å²) in [4.78, 5) is 0. The van der Waals surface area contributed by atoms with Gasteiger partial charge < -0.3 is 19.9 Å². The number of ether oxygens (including phenoxy) is 3. The van der Waals surface area contributed by atoms with E-state index in [0.717, 1.165) is 48.5 Å². The zero-order valence-electron chi connectivity index (χ0n) is 12.4. The molecular formula is C15H25NO3. The van der Waals surface area contributed by atoms with E-state index in [-0.39, 0.29) is 6.04 Å². The van der Waals surface area contributed by atoms with Crippen LogP contribution in [0.25, 0.3) is 0 Å². The van der Waals surface area contributed by atoms with Crippen LogP contribution < -0.4 is 15.2 Å². The maximum atomic E-state index is 5.86. The highest BCUT2D eigenvalue weighted by Gasteiger charge is 2.12. The highest BCUT2D eigenvalue weighted by Crippen LogP contribution is 2.30. The number of hydrogen-bond donors (Lipinski definition) is 1. The van der Waals surface area contributed by atoms with E-state index in [0.29, 0.717) is 0 Å². The Labute approximate surface area is 115 Å². The summed E-state index contributed by atoms with van der Waals surface area (Å²) in [5, 5.41) is 0. The van der Waals surface area contributed by atoms with Crippen LogP contribution in [0.4, 0.5) is 0 Å². The molecule has 0 unspecified atom stereocenters. The molecule has 0 aliphatic rings. The molecule has 4 heteroatoms. The normalized spacial score (nSPS) is 12.3. The predicted octanol–water partition coefficient (Wildman–Crippen LogP) is 2.17. The molecule has 1 aromatic carbocycles. The molecule has 0 aliphatic heterocycles. The smallest absolute Gasteiger partial charge is 0.122 e. The maximum absolute atomic E-state index is 5.86. The van der Waals surface area contributed by atoms with Gasteiger partial charge in [-0.05, 0) is 49.4 Å². The lowest BCUT2D eigenvalue weighted by molar-refractivity contribution is 0.195. The summed E-state index contributed by atoms with van der Waals surface area (Å²) in [5.74, 6) is 1.78. The molecule has 4 nitrogen and oxygen atoms in total. The van der Waals surface area contributed by atoms with Crippen LogP contribution in [0.1, 0.15) is 24.5 Å². The van der Waals surface area contributed by atoms with Crippen molar-refractivity contribution in [2.45, 2.75) is 32.2 Å². The van der Waals surface area contributed by atoms with Gasteiger partial charge in [-0.3, -0.25) is 0 Å². The minimum atomic E-state index is 0.0953. The maximum Gasteiger partial charge on any atom is 0.122 e. The van der Waals surface area contributed by atoms with Crippen LogP contribution in [0.3, 0.4) is 0 Å². The lowest BCUT2D eigenvalue weighted by atomic mass is 10.0. The third-order valence-corrected chi connectivity index (χ3v) is 3.02. The van der Waals surface area contributed by atoms with Gasteiger partial charge in [0.2, 0.25) is 0 Å². The second-order valence-electron chi connectivity index (χ2n) is 4.75. The molecule has 0 heterocycles. The van der Waals surface area contributed by atoms with Gasteiger partial charge in [0, 0.05) is 19.8 Å². The van der Waals surface area contributed by atoms with Crippen LogP contribution in [0, 0.1) is 0 Å². The van der Waals surface area contributed by atoms with Crippen LogP contribution in [-0.4, -0.2) is 34.0 Å². The second-order valence-corrected chi connectivity index (χ2v) is 4.75.